The third kappa shape index (κ3) is 8.80. The van der Waals surface area contributed by atoms with Gasteiger partial charge in [0.15, 0.2) is 33.2 Å². The molecule has 9 heterocycles. The molecule has 1 N–H and O–H groups in total. The van der Waals surface area contributed by atoms with Gasteiger partial charge in [0, 0.05) is 88.3 Å². The number of fused-ring (bicyclic) bond motifs is 2. The number of nitrogens with one attached hydrogen (secondary N) is 1. The summed E-state index contributed by atoms with van der Waals surface area (Å²) in [6.45, 7) is 13.7. The maximum atomic E-state index is 13.3. The van der Waals surface area contributed by atoms with Crippen LogP contribution in [0.3, 0.4) is 0 Å². The monoisotopic (exact) mass is 930 g/mol. The Bertz CT molecular complexity index is 2920. The minimum atomic E-state index is -0.250. The first-order valence-electron chi connectivity index (χ1n) is 22.4. The van der Waals surface area contributed by atoms with Gasteiger partial charge in [0.1, 0.15) is 23.3 Å². The van der Waals surface area contributed by atoms with E-state index >= 15 is 0 Å². The highest BCUT2D eigenvalue weighted by Gasteiger charge is 2.30. The standard InChI is InChI=1S/C25H28FN7OS.C22H24FN7S/c1-3-20-24(30(2)25-28-21(16-35-25)17-4-6-18(26)7-5-17)33-22(27-20)8-9-23(29-33)32-12-10-31(11-13-32)19-14-34-15-19;1-3-17-21(28(2)22-26-18(14-31-22)15-4-6-16(23)7-5-15)30-19(25-17)8-9-20(27-30)29-12-10-24-11-13-29/h4-9,16,19H,3,10-15H2,1-2H3;4-9,14,24H,3,10-13H2,1-2H3. The van der Waals surface area contributed by atoms with Gasteiger partial charge in [-0.2, -0.15) is 9.03 Å². The summed E-state index contributed by atoms with van der Waals surface area (Å²) in [5.74, 6) is 3.27. The molecule has 0 bridgehead atoms. The number of imidazole rings is 2. The summed E-state index contributed by atoms with van der Waals surface area (Å²) in [7, 11) is 4.00. The van der Waals surface area contributed by atoms with Crippen LogP contribution in [0.15, 0.2) is 83.6 Å². The molecule has 0 unspecified atom stereocenters. The lowest BCUT2D eigenvalue weighted by atomic mass is 10.2. The molecular formula is C47H52F2N14OS2. The molecule has 0 saturated carbocycles. The van der Waals surface area contributed by atoms with Crippen LogP contribution in [0.2, 0.25) is 0 Å². The van der Waals surface area contributed by atoms with Crippen molar-refractivity contribution in [2.45, 2.75) is 32.7 Å². The summed E-state index contributed by atoms with van der Waals surface area (Å²) in [5, 5.41) is 19.0. The lowest BCUT2D eigenvalue weighted by Crippen LogP contribution is -2.56. The fourth-order valence-electron chi connectivity index (χ4n) is 8.57. The highest BCUT2D eigenvalue weighted by Crippen LogP contribution is 2.36. The first-order chi connectivity index (χ1) is 32.2. The highest BCUT2D eigenvalue weighted by atomic mass is 32.1. The van der Waals surface area contributed by atoms with Crippen LogP contribution < -0.4 is 24.9 Å². The van der Waals surface area contributed by atoms with E-state index in [1.54, 1.807) is 46.9 Å². The minimum absolute atomic E-state index is 0.249. The lowest BCUT2D eigenvalue weighted by molar-refractivity contribution is -0.0661. The molecule has 0 amide bonds. The van der Waals surface area contributed by atoms with E-state index in [9.17, 15) is 8.78 Å². The van der Waals surface area contributed by atoms with Gasteiger partial charge in [0.05, 0.1) is 42.0 Å². The van der Waals surface area contributed by atoms with Crippen LogP contribution in [-0.4, -0.2) is 130 Å². The van der Waals surface area contributed by atoms with Gasteiger partial charge in [0.2, 0.25) is 0 Å². The Morgan fingerprint density at radius 1 is 0.606 bits per heavy atom. The highest BCUT2D eigenvalue weighted by molar-refractivity contribution is 7.14. The minimum Gasteiger partial charge on any atom is -0.378 e. The van der Waals surface area contributed by atoms with Crippen molar-refractivity contribution in [1.29, 1.82) is 0 Å². The van der Waals surface area contributed by atoms with Gasteiger partial charge in [-0.1, -0.05) is 13.8 Å². The normalized spacial score (nSPS) is 15.8. The van der Waals surface area contributed by atoms with Crippen molar-refractivity contribution in [3.05, 3.63) is 107 Å². The molecular weight excluding hydrogens is 879 g/mol. The molecule has 0 spiro atoms. The Balaban J connectivity index is 0.000000156. The molecule has 0 aliphatic carbocycles. The number of nitrogens with zero attached hydrogens (tertiary/aromatic N) is 13. The molecule has 19 heteroatoms. The van der Waals surface area contributed by atoms with Crippen LogP contribution in [0.5, 0.6) is 0 Å². The average molecular weight is 931 g/mol. The van der Waals surface area contributed by atoms with Gasteiger partial charge in [-0.3, -0.25) is 4.90 Å². The fraction of sp³-hybridized carbons (Fsp3) is 0.362. The van der Waals surface area contributed by atoms with E-state index in [1.807, 2.05) is 50.9 Å². The fourth-order valence-corrected chi connectivity index (χ4v) is 10.2. The molecule has 15 nitrogen and oxygen atoms in total. The van der Waals surface area contributed by atoms with Crippen LogP contribution in [0.1, 0.15) is 25.2 Å². The van der Waals surface area contributed by atoms with E-state index in [-0.39, 0.29) is 11.6 Å². The van der Waals surface area contributed by atoms with Gasteiger partial charge in [-0.15, -0.1) is 32.9 Å². The topological polar surface area (TPSA) is 124 Å². The largest absolute Gasteiger partial charge is 0.378 e. The number of aryl methyl sites for hydroxylation is 2. The molecule has 3 aliphatic rings. The molecule has 11 rings (SSSR count). The lowest BCUT2D eigenvalue weighted by Gasteiger charge is -2.42. The second-order valence-electron chi connectivity index (χ2n) is 16.5. The number of hydrogen-bond donors (Lipinski definition) is 1. The predicted octanol–water partition coefficient (Wildman–Crippen LogP) is 7.57. The van der Waals surface area contributed by atoms with Crippen molar-refractivity contribution in [1.82, 2.24) is 49.4 Å². The summed E-state index contributed by atoms with van der Waals surface area (Å²) < 4.78 is 35.8. The van der Waals surface area contributed by atoms with Crippen LogP contribution >= 0.6 is 22.7 Å². The number of ether oxygens (including phenoxy) is 1. The summed E-state index contributed by atoms with van der Waals surface area (Å²) in [4.78, 5) is 30.5. The zero-order valence-corrected chi connectivity index (χ0v) is 39.1. The Kier molecular flexibility index (Phi) is 12.6. The molecule has 342 valence electrons. The number of aromatic nitrogens is 8. The number of halogens is 2. The van der Waals surface area contributed by atoms with Crippen molar-refractivity contribution < 1.29 is 13.5 Å². The van der Waals surface area contributed by atoms with Gasteiger partial charge in [-0.25, -0.2) is 28.7 Å². The summed E-state index contributed by atoms with van der Waals surface area (Å²) in [6, 6.07) is 21.6. The molecule has 66 heavy (non-hydrogen) atoms. The number of anilines is 6. The smallest absolute Gasteiger partial charge is 0.191 e. The van der Waals surface area contributed by atoms with Crippen LogP contribution in [-0.2, 0) is 17.6 Å². The maximum Gasteiger partial charge on any atom is 0.191 e. The van der Waals surface area contributed by atoms with Crippen molar-refractivity contribution >= 4 is 67.5 Å². The third-order valence-electron chi connectivity index (χ3n) is 12.4. The molecule has 3 fully saturated rings. The SMILES string of the molecule is CCc1nc2ccc(N3CCN(C4COC4)CC3)nn2c1N(C)c1nc(-c2ccc(F)cc2)cs1.CCc1nc2ccc(N3CCNCC3)nn2c1N(C)c1nc(-c2ccc(F)cc2)cs1. The van der Waals surface area contributed by atoms with Gasteiger partial charge >= 0.3 is 0 Å². The van der Waals surface area contributed by atoms with Crippen LogP contribution in [0.25, 0.3) is 33.8 Å². The van der Waals surface area contributed by atoms with E-state index in [0.717, 1.165) is 157 Å². The number of hydrogen-bond acceptors (Lipinski definition) is 15. The van der Waals surface area contributed by atoms with Crippen molar-refractivity contribution in [2.24, 2.45) is 0 Å². The van der Waals surface area contributed by atoms with Gasteiger partial charge in [0.25, 0.3) is 0 Å². The molecule has 3 aliphatic heterocycles. The molecule has 2 aromatic carbocycles. The number of piperazine rings is 2. The maximum absolute atomic E-state index is 13.3. The van der Waals surface area contributed by atoms with Gasteiger partial charge in [-0.05, 0) is 85.6 Å². The van der Waals surface area contributed by atoms with Crippen molar-refractivity contribution in [3.63, 3.8) is 0 Å². The average Bonchev–Trinajstić information content (AvgIpc) is 4.17. The van der Waals surface area contributed by atoms with E-state index in [2.05, 4.69) is 50.9 Å². The zero-order valence-electron chi connectivity index (χ0n) is 37.4. The Labute approximate surface area is 389 Å². The molecule has 0 atom stereocenters. The summed E-state index contributed by atoms with van der Waals surface area (Å²) >= 11 is 3.10. The third-order valence-corrected chi connectivity index (χ3v) is 14.2. The first kappa shape index (κ1) is 43.8. The Morgan fingerprint density at radius 2 is 1.06 bits per heavy atom. The summed E-state index contributed by atoms with van der Waals surface area (Å²) in [5.41, 5.74) is 7.05. The first-order valence-corrected chi connectivity index (χ1v) is 24.2. The van der Waals surface area contributed by atoms with Crippen molar-refractivity contribution in [2.75, 3.05) is 99.3 Å². The molecule has 6 aromatic heterocycles. The number of benzene rings is 2. The van der Waals surface area contributed by atoms with E-state index in [0.29, 0.717) is 6.04 Å². The second-order valence-corrected chi connectivity index (χ2v) is 18.2. The van der Waals surface area contributed by atoms with Crippen molar-refractivity contribution in [3.8, 4) is 22.5 Å². The molecule has 3 saturated heterocycles. The van der Waals surface area contributed by atoms with Crippen LogP contribution in [0.4, 0.5) is 42.3 Å². The van der Waals surface area contributed by atoms with Gasteiger partial charge < -0.3 is 29.7 Å². The van der Waals surface area contributed by atoms with E-state index < -0.39 is 0 Å². The Hall–Kier alpha value is -6.12. The Morgan fingerprint density at radius 3 is 1.48 bits per heavy atom. The second kappa shape index (κ2) is 19.0. The predicted molar refractivity (Wildman–Crippen MR) is 259 cm³/mol. The quantitative estimate of drug-likeness (QED) is 0.137. The van der Waals surface area contributed by atoms with Crippen LogP contribution in [0, 0.1) is 11.6 Å². The summed E-state index contributed by atoms with van der Waals surface area (Å²) in [6.07, 6.45) is 1.58. The number of rotatable bonds is 11. The molecule has 8 aromatic rings. The zero-order chi connectivity index (χ0) is 45.3. The van der Waals surface area contributed by atoms with E-state index in [4.69, 9.17) is 34.9 Å². The van der Waals surface area contributed by atoms with E-state index in [1.165, 1.54) is 24.3 Å². The number of thiazole rings is 2. The molecule has 0 radical (unpaired) electrons.